The van der Waals surface area contributed by atoms with Gasteiger partial charge in [-0.05, 0) is 37.3 Å². The number of hydrogen-bond acceptors (Lipinski definition) is 4. The molecular formula is C18H25NO5. The van der Waals surface area contributed by atoms with Gasteiger partial charge in [0.1, 0.15) is 11.5 Å². The normalized spacial score (nSPS) is 25.1. The molecule has 0 saturated heterocycles. The number of methoxy groups -OCH3 is 2. The summed E-state index contributed by atoms with van der Waals surface area (Å²) in [6, 6.07) is 5.15. The SMILES string of the molecule is COc1ccc(OC)c(NC(=O)[C@H]2CC[C@@](C)(C(=O)O)C2(C)C)c1. The van der Waals surface area contributed by atoms with Crippen molar-refractivity contribution >= 4 is 17.6 Å². The molecular weight excluding hydrogens is 310 g/mol. The zero-order valence-corrected chi connectivity index (χ0v) is 14.8. The number of nitrogens with one attached hydrogen (secondary N) is 1. The third-order valence-electron chi connectivity index (χ3n) is 5.68. The summed E-state index contributed by atoms with van der Waals surface area (Å²) < 4.78 is 10.5. The fourth-order valence-corrected chi connectivity index (χ4v) is 3.47. The molecule has 0 radical (unpaired) electrons. The molecule has 1 aliphatic carbocycles. The second-order valence-corrected chi connectivity index (χ2v) is 7.01. The Balaban J connectivity index is 2.27. The van der Waals surface area contributed by atoms with E-state index in [1.807, 2.05) is 13.8 Å². The molecule has 0 spiro atoms. The van der Waals surface area contributed by atoms with E-state index in [-0.39, 0.29) is 5.91 Å². The van der Waals surface area contributed by atoms with E-state index in [2.05, 4.69) is 5.32 Å². The number of carbonyl (C=O) groups is 2. The standard InChI is InChI=1S/C18H25NO5/c1-17(2)12(8-9-18(17,3)16(21)22)15(20)19-13-10-11(23-4)6-7-14(13)24-5/h6-7,10,12H,8-9H2,1-5H3,(H,19,20)(H,21,22)/t12-,18+/m1/s1. The number of benzene rings is 1. The van der Waals surface area contributed by atoms with Gasteiger partial charge in [0, 0.05) is 12.0 Å². The van der Waals surface area contributed by atoms with Gasteiger partial charge in [-0.25, -0.2) is 0 Å². The van der Waals surface area contributed by atoms with Crippen LogP contribution in [0.4, 0.5) is 5.69 Å². The lowest BCUT2D eigenvalue weighted by molar-refractivity contribution is -0.154. The Labute approximate surface area is 142 Å². The topological polar surface area (TPSA) is 84.9 Å². The van der Waals surface area contributed by atoms with Crippen molar-refractivity contribution in [1.29, 1.82) is 0 Å². The summed E-state index contributed by atoms with van der Waals surface area (Å²) in [4.78, 5) is 24.5. The third-order valence-corrected chi connectivity index (χ3v) is 5.68. The summed E-state index contributed by atoms with van der Waals surface area (Å²) >= 11 is 0. The number of hydrogen-bond donors (Lipinski definition) is 2. The maximum absolute atomic E-state index is 12.8. The van der Waals surface area contributed by atoms with E-state index in [1.165, 1.54) is 7.11 Å². The van der Waals surface area contributed by atoms with Gasteiger partial charge in [0.15, 0.2) is 0 Å². The largest absolute Gasteiger partial charge is 0.497 e. The number of carbonyl (C=O) groups excluding carboxylic acids is 1. The first-order valence-corrected chi connectivity index (χ1v) is 7.93. The highest BCUT2D eigenvalue weighted by atomic mass is 16.5. The van der Waals surface area contributed by atoms with Crippen LogP contribution >= 0.6 is 0 Å². The van der Waals surface area contributed by atoms with Gasteiger partial charge in [0.2, 0.25) is 5.91 Å². The minimum Gasteiger partial charge on any atom is -0.497 e. The highest BCUT2D eigenvalue weighted by molar-refractivity contribution is 5.95. The van der Waals surface area contributed by atoms with E-state index in [4.69, 9.17) is 9.47 Å². The average Bonchev–Trinajstić information content (AvgIpc) is 2.78. The van der Waals surface area contributed by atoms with Crippen LogP contribution in [-0.2, 0) is 9.59 Å². The molecule has 0 aromatic heterocycles. The van der Waals surface area contributed by atoms with Crippen LogP contribution in [0.2, 0.25) is 0 Å². The maximum Gasteiger partial charge on any atom is 0.309 e. The van der Waals surface area contributed by atoms with Crippen LogP contribution in [0.1, 0.15) is 33.6 Å². The number of anilines is 1. The van der Waals surface area contributed by atoms with Crippen LogP contribution in [0.3, 0.4) is 0 Å². The summed E-state index contributed by atoms with van der Waals surface area (Å²) in [5.74, 6) is -0.319. The molecule has 0 bridgehead atoms. The number of carboxylic acids is 1. The Morgan fingerprint density at radius 3 is 2.38 bits per heavy atom. The zero-order valence-electron chi connectivity index (χ0n) is 14.8. The monoisotopic (exact) mass is 335 g/mol. The lowest BCUT2D eigenvalue weighted by Crippen LogP contribution is -2.43. The molecule has 1 aromatic rings. The zero-order chi connectivity index (χ0) is 18.1. The molecule has 0 unspecified atom stereocenters. The third kappa shape index (κ3) is 2.81. The Hall–Kier alpha value is -2.24. The smallest absolute Gasteiger partial charge is 0.309 e. The van der Waals surface area contributed by atoms with Crippen molar-refractivity contribution in [3.8, 4) is 11.5 Å². The Kier molecular flexibility index (Phi) is 4.78. The van der Waals surface area contributed by atoms with Crippen LogP contribution in [0.25, 0.3) is 0 Å². The van der Waals surface area contributed by atoms with E-state index >= 15 is 0 Å². The molecule has 1 aromatic carbocycles. The molecule has 2 atom stereocenters. The molecule has 132 valence electrons. The average molecular weight is 335 g/mol. The molecule has 1 fully saturated rings. The first-order valence-electron chi connectivity index (χ1n) is 7.93. The second kappa shape index (κ2) is 6.34. The van der Waals surface area contributed by atoms with Crippen LogP contribution in [0, 0.1) is 16.7 Å². The van der Waals surface area contributed by atoms with Gasteiger partial charge >= 0.3 is 5.97 Å². The Bertz CT molecular complexity index is 655. The van der Waals surface area contributed by atoms with Crippen LogP contribution in [0.5, 0.6) is 11.5 Å². The predicted octanol–water partition coefficient (Wildman–Crippen LogP) is 3.17. The number of carboxylic acid groups (broad SMARTS) is 1. The van der Waals surface area contributed by atoms with Crippen LogP contribution < -0.4 is 14.8 Å². The van der Waals surface area contributed by atoms with Crippen molar-refractivity contribution in [2.75, 3.05) is 19.5 Å². The van der Waals surface area contributed by atoms with Crippen molar-refractivity contribution < 1.29 is 24.2 Å². The van der Waals surface area contributed by atoms with E-state index in [1.54, 1.807) is 32.2 Å². The van der Waals surface area contributed by atoms with E-state index < -0.39 is 22.7 Å². The summed E-state index contributed by atoms with van der Waals surface area (Å²) in [5.41, 5.74) is -1.07. The molecule has 0 aliphatic heterocycles. The van der Waals surface area contributed by atoms with Gasteiger partial charge in [0.05, 0.1) is 25.3 Å². The minimum absolute atomic E-state index is 0.198. The van der Waals surface area contributed by atoms with Gasteiger partial charge in [-0.2, -0.15) is 0 Å². The molecule has 1 amide bonds. The number of amides is 1. The van der Waals surface area contributed by atoms with Gasteiger partial charge in [-0.15, -0.1) is 0 Å². The first-order chi connectivity index (χ1) is 11.2. The molecule has 6 nitrogen and oxygen atoms in total. The molecule has 2 N–H and O–H groups in total. The summed E-state index contributed by atoms with van der Waals surface area (Å²) in [7, 11) is 3.07. The van der Waals surface area contributed by atoms with Gasteiger partial charge in [-0.1, -0.05) is 13.8 Å². The fourth-order valence-electron chi connectivity index (χ4n) is 3.47. The molecule has 2 rings (SSSR count). The van der Waals surface area contributed by atoms with Gasteiger partial charge in [0.25, 0.3) is 0 Å². The number of ether oxygens (including phenoxy) is 2. The summed E-state index contributed by atoms with van der Waals surface area (Å²) in [6.07, 6.45) is 1.01. The lowest BCUT2D eigenvalue weighted by atomic mass is 9.65. The van der Waals surface area contributed by atoms with Crippen molar-refractivity contribution in [3.05, 3.63) is 18.2 Å². The van der Waals surface area contributed by atoms with Crippen molar-refractivity contribution in [1.82, 2.24) is 0 Å². The van der Waals surface area contributed by atoms with Crippen LogP contribution in [0.15, 0.2) is 18.2 Å². The minimum atomic E-state index is -0.923. The van der Waals surface area contributed by atoms with E-state index in [0.717, 1.165) is 0 Å². The molecule has 1 saturated carbocycles. The van der Waals surface area contributed by atoms with Gasteiger partial charge < -0.3 is 19.9 Å². The van der Waals surface area contributed by atoms with Crippen molar-refractivity contribution in [2.24, 2.45) is 16.7 Å². The Morgan fingerprint density at radius 2 is 1.88 bits per heavy atom. The van der Waals surface area contributed by atoms with E-state index in [0.29, 0.717) is 30.0 Å². The summed E-state index contributed by atoms with van der Waals surface area (Å²) in [5, 5.41) is 12.5. The molecule has 24 heavy (non-hydrogen) atoms. The fraction of sp³-hybridized carbons (Fsp3) is 0.556. The molecule has 1 aliphatic rings. The van der Waals surface area contributed by atoms with Gasteiger partial charge in [-0.3, -0.25) is 9.59 Å². The molecule has 6 heteroatoms. The first kappa shape index (κ1) is 18.1. The number of rotatable bonds is 5. The maximum atomic E-state index is 12.8. The highest BCUT2D eigenvalue weighted by Crippen LogP contribution is 2.56. The predicted molar refractivity (Wildman–Crippen MR) is 90.4 cm³/mol. The van der Waals surface area contributed by atoms with Crippen LogP contribution in [-0.4, -0.2) is 31.2 Å². The van der Waals surface area contributed by atoms with Crippen molar-refractivity contribution in [2.45, 2.75) is 33.6 Å². The highest BCUT2D eigenvalue weighted by Gasteiger charge is 2.58. The molecule has 0 heterocycles. The summed E-state index contributed by atoms with van der Waals surface area (Å²) in [6.45, 7) is 5.41. The number of aliphatic carboxylic acids is 1. The Morgan fingerprint density at radius 1 is 1.21 bits per heavy atom. The quantitative estimate of drug-likeness (QED) is 0.863. The van der Waals surface area contributed by atoms with E-state index in [9.17, 15) is 14.7 Å². The van der Waals surface area contributed by atoms with Crippen molar-refractivity contribution in [3.63, 3.8) is 0 Å². The lowest BCUT2D eigenvalue weighted by Gasteiger charge is -2.37. The second-order valence-electron chi connectivity index (χ2n) is 7.01.